The number of carbonyl (C=O) groups excluding carboxylic acids is 2. The molecule has 1 aromatic heterocycles. The van der Waals surface area contributed by atoms with Crippen LogP contribution in [0.25, 0.3) is 0 Å². The van der Waals surface area contributed by atoms with E-state index in [4.69, 9.17) is 9.47 Å². The molecule has 0 spiro atoms. The SMILES string of the molecule is COc1cc(OC)cc(N2CCC(NC(=O)c3n[nH]c4c3CNCC4)C2=O)c1. The molecule has 0 radical (unpaired) electrons. The molecule has 2 amide bonds. The van der Waals surface area contributed by atoms with E-state index in [-0.39, 0.29) is 11.8 Å². The molecule has 3 N–H and O–H groups in total. The quantitative estimate of drug-likeness (QED) is 0.696. The number of rotatable bonds is 5. The fourth-order valence-electron chi connectivity index (χ4n) is 3.66. The van der Waals surface area contributed by atoms with E-state index in [2.05, 4.69) is 20.8 Å². The number of benzene rings is 1. The Balaban J connectivity index is 1.49. The van der Waals surface area contributed by atoms with E-state index in [1.54, 1.807) is 37.3 Å². The molecule has 1 atom stereocenters. The van der Waals surface area contributed by atoms with E-state index in [9.17, 15) is 9.59 Å². The Morgan fingerprint density at radius 3 is 2.71 bits per heavy atom. The van der Waals surface area contributed by atoms with Crippen molar-refractivity contribution in [3.8, 4) is 11.5 Å². The number of aromatic nitrogens is 2. The predicted molar refractivity (Wildman–Crippen MR) is 102 cm³/mol. The third-order valence-corrected chi connectivity index (χ3v) is 5.18. The van der Waals surface area contributed by atoms with E-state index < -0.39 is 6.04 Å². The van der Waals surface area contributed by atoms with E-state index in [0.29, 0.717) is 42.4 Å². The molecule has 2 aromatic rings. The van der Waals surface area contributed by atoms with Crippen LogP contribution in [0, 0.1) is 0 Å². The Hall–Kier alpha value is -3.07. The summed E-state index contributed by atoms with van der Waals surface area (Å²) in [4.78, 5) is 27.2. The second kappa shape index (κ2) is 7.51. The maximum atomic E-state index is 12.9. The standard InChI is InChI=1S/C19H23N5O4/c1-27-12-7-11(8-13(9-12)28-2)24-6-4-16(19(24)26)21-18(25)17-14-10-20-5-3-15(14)22-23-17/h7-9,16,20H,3-6,10H2,1-2H3,(H,21,25)(H,22,23). The summed E-state index contributed by atoms with van der Waals surface area (Å²) in [5, 5.41) is 13.2. The first-order valence-corrected chi connectivity index (χ1v) is 9.23. The maximum absolute atomic E-state index is 12.9. The summed E-state index contributed by atoms with van der Waals surface area (Å²) in [6.45, 7) is 1.96. The summed E-state index contributed by atoms with van der Waals surface area (Å²) in [6.07, 6.45) is 1.33. The lowest BCUT2D eigenvalue weighted by molar-refractivity contribution is -0.118. The van der Waals surface area contributed by atoms with Crippen LogP contribution in [-0.2, 0) is 17.8 Å². The molecule has 0 aliphatic carbocycles. The van der Waals surface area contributed by atoms with Crippen LogP contribution in [0.4, 0.5) is 5.69 Å². The first-order valence-electron chi connectivity index (χ1n) is 9.23. The number of amides is 2. The van der Waals surface area contributed by atoms with Crippen molar-refractivity contribution >= 4 is 17.5 Å². The predicted octanol–water partition coefficient (Wildman–Crippen LogP) is 0.608. The molecule has 28 heavy (non-hydrogen) atoms. The van der Waals surface area contributed by atoms with Gasteiger partial charge in [0.2, 0.25) is 5.91 Å². The smallest absolute Gasteiger partial charge is 0.272 e. The van der Waals surface area contributed by atoms with Gasteiger partial charge in [-0.25, -0.2) is 0 Å². The zero-order chi connectivity index (χ0) is 19.7. The summed E-state index contributed by atoms with van der Waals surface area (Å²) in [5.41, 5.74) is 2.89. The van der Waals surface area contributed by atoms with Gasteiger partial charge in [-0.3, -0.25) is 14.7 Å². The molecule has 1 saturated heterocycles. The van der Waals surface area contributed by atoms with Gasteiger partial charge in [-0.15, -0.1) is 0 Å². The van der Waals surface area contributed by atoms with Crippen LogP contribution in [0.2, 0.25) is 0 Å². The van der Waals surface area contributed by atoms with Gasteiger partial charge in [-0.05, 0) is 6.42 Å². The van der Waals surface area contributed by atoms with Crippen molar-refractivity contribution < 1.29 is 19.1 Å². The lowest BCUT2D eigenvalue weighted by Crippen LogP contribution is -2.42. The fourth-order valence-corrected chi connectivity index (χ4v) is 3.66. The first-order chi connectivity index (χ1) is 13.6. The molecule has 9 nitrogen and oxygen atoms in total. The summed E-state index contributed by atoms with van der Waals surface area (Å²) in [7, 11) is 3.12. The van der Waals surface area contributed by atoms with Gasteiger partial charge < -0.3 is 25.0 Å². The molecular formula is C19H23N5O4. The number of aromatic amines is 1. The van der Waals surface area contributed by atoms with Crippen LogP contribution in [0.15, 0.2) is 18.2 Å². The zero-order valence-corrected chi connectivity index (χ0v) is 15.9. The second-order valence-electron chi connectivity index (χ2n) is 6.83. The third kappa shape index (κ3) is 3.29. The molecule has 9 heteroatoms. The Bertz CT molecular complexity index is 887. The van der Waals surface area contributed by atoms with E-state index in [1.165, 1.54) is 0 Å². The lowest BCUT2D eigenvalue weighted by Gasteiger charge is -2.19. The average molecular weight is 385 g/mol. The first kappa shape index (κ1) is 18.3. The van der Waals surface area contributed by atoms with Crippen molar-refractivity contribution in [1.82, 2.24) is 20.8 Å². The van der Waals surface area contributed by atoms with Gasteiger partial charge in [0.1, 0.15) is 17.5 Å². The van der Waals surface area contributed by atoms with Gasteiger partial charge >= 0.3 is 0 Å². The van der Waals surface area contributed by atoms with Crippen LogP contribution in [-0.4, -0.2) is 55.4 Å². The van der Waals surface area contributed by atoms with Gasteiger partial charge in [0.05, 0.1) is 19.9 Å². The Morgan fingerprint density at radius 2 is 2.00 bits per heavy atom. The summed E-state index contributed by atoms with van der Waals surface area (Å²) in [5.74, 6) is 0.714. The summed E-state index contributed by atoms with van der Waals surface area (Å²) < 4.78 is 10.6. The van der Waals surface area contributed by atoms with E-state index in [0.717, 1.165) is 24.2 Å². The van der Waals surface area contributed by atoms with Crippen molar-refractivity contribution in [2.75, 3.05) is 32.2 Å². The minimum Gasteiger partial charge on any atom is -0.497 e. The molecule has 0 saturated carbocycles. The topological polar surface area (TPSA) is 109 Å². The second-order valence-corrected chi connectivity index (χ2v) is 6.83. The highest BCUT2D eigenvalue weighted by Crippen LogP contribution is 2.31. The minimum atomic E-state index is -0.589. The van der Waals surface area contributed by atoms with Gasteiger partial charge in [-0.2, -0.15) is 5.10 Å². The highest BCUT2D eigenvalue weighted by atomic mass is 16.5. The monoisotopic (exact) mass is 385 g/mol. The molecule has 0 bridgehead atoms. The lowest BCUT2D eigenvalue weighted by atomic mass is 10.1. The molecule has 2 aliphatic rings. The summed E-state index contributed by atoms with van der Waals surface area (Å²) in [6, 6.07) is 4.72. The van der Waals surface area contributed by atoms with Gasteiger partial charge in [0, 0.05) is 55.5 Å². The van der Waals surface area contributed by atoms with Gasteiger partial charge in [-0.1, -0.05) is 0 Å². The molecule has 1 aromatic carbocycles. The molecule has 148 valence electrons. The van der Waals surface area contributed by atoms with Crippen molar-refractivity contribution in [3.63, 3.8) is 0 Å². The van der Waals surface area contributed by atoms with Crippen molar-refractivity contribution in [2.24, 2.45) is 0 Å². The molecule has 3 heterocycles. The minimum absolute atomic E-state index is 0.161. The largest absolute Gasteiger partial charge is 0.497 e. The number of hydrogen-bond acceptors (Lipinski definition) is 6. The molecule has 1 fully saturated rings. The van der Waals surface area contributed by atoms with Crippen LogP contribution in [0.5, 0.6) is 11.5 Å². The molecule has 4 rings (SSSR count). The van der Waals surface area contributed by atoms with Gasteiger partial charge in [0.25, 0.3) is 5.91 Å². The third-order valence-electron chi connectivity index (χ3n) is 5.18. The maximum Gasteiger partial charge on any atom is 0.272 e. The van der Waals surface area contributed by atoms with Crippen molar-refractivity contribution in [1.29, 1.82) is 0 Å². The number of ether oxygens (including phenoxy) is 2. The average Bonchev–Trinajstić information content (AvgIpc) is 3.31. The van der Waals surface area contributed by atoms with Crippen molar-refractivity contribution in [3.05, 3.63) is 35.2 Å². The Morgan fingerprint density at radius 1 is 1.25 bits per heavy atom. The molecule has 1 unspecified atom stereocenters. The number of H-pyrrole nitrogens is 1. The van der Waals surface area contributed by atoms with Crippen LogP contribution in [0.3, 0.4) is 0 Å². The molecule has 2 aliphatic heterocycles. The highest BCUT2D eigenvalue weighted by Gasteiger charge is 2.35. The zero-order valence-electron chi connectivity index (χ0n) is 15.9. The van der Waals surface area contributed by atoms with E-state index >= 15 is 0 Å². The number of anilines is 1. The van der Waals surface area contributed by atoms with Crippen molar-refractivity contribution in [2.45, 2.75) is 25.4 Å². The summed E-state index contributed by atoms with van der Waals surface area (Å²) >= 11 is 0. The van der Waals surface area contributed by atoms with Crippen LogP contribution >= 0.6 is 0 Å². The number of fused-ring (bicyclic) bond motifs is 1. The number of hydrogen-bond donors (Lipinski definition) is 3. The molecular weight excluding hydrogens is 362 g/mol. The normalized spacial score (nSPS) is 18.7. The van der Waals surface area contributed by atoms with E-state index in [1.807, 2.05) is 0 Å². The number of nitrogens with one attached hydrogen (secondary N) is 3. The van der Waals surface area contributed by atoms with Crippen LogP contribution < -0.4 is 25.0 Å². The van der Waals surface area contributed by atoms with Crippen LogP contribution in [0.1, 0.15) is 28.2 Å². The van der Waals surface area contributed by atoms with Gasteiger partial charge in [0.15, 0.2) is 5.69 Å². The Kier molecular flexibility index (Phi) is 4.91. The number of carbonyl (C=O) groups is 2. The number of methoxy groups -OCH3 is 2. The highest BCUT2D eigenvalue weighted by molar-refractivity contribution is 6.04. The fraction of sp³-hybridized carbons (Fsp3) is 0.421. The Labute approximate surface area is 162 Å². The number of nitrogens with zero attached hydrogens (tertiary/aromatic N) is 2.